The van der Waals surface area contributed by atoms with Crippen LogP contribution >= 0.6 is 11.6 Å². The van der Waals surface area contributed by atoms with Crippen molar-refractivity contribution in [1.29, 1.82) is 0 Å². The van der Waals surface area contributed by atoms with E-state index in [2.05, 4.69) is 17.1 Å². The molecular weight excluding hydrogens is 198 g/mol. The predicted molar refractivity (Wildman–Crippen MR) is 55.3 cm³/mol. The Balaban J connectivity index is 2.11. The van der Waals surface area contributed by atoms with E-state index in [-0.39, 0.29) is 0 Å². The molecule has 0 aliphatic heterocycles. The zero-order chi connectivity index (χ0) is 9.80. The van der Waals surface area contributed by atoms with Crippen LogP contribution in [-0.2, 0) is 12.3 Å². The van der Waals surface area contributed by atoms with Gasteiger partial charge in [0.2, 0.25) is 5.89 Å². The van der Waals surface area contributed by atoms with Gasteiger partial charge < -0.3 is 4.42 Å². The Bertz CT molecular complexity index is 397. The maximum atomic E-state index is 5.59. The second-order valence-corrected chi connectivity index (χ2v) is 3.30. The van der Waals surface area contributed by atoms with Crippen LogP contribution in [-0.4, -0.2) is 4.98 Å². The quantitative estimate of drug-likeness (QED) is 0.724. The van der Waals surface area contributed by atoms with E-state index in [1.54, 1.807) is 6.26 Å². The lowest BCUT2D eigenvalue weighted by Crippen LogP contribution is -1.88. The Morgan fingerprint density at radius 2 is 2.00 bits per heavy atom. The van der Waals surface area contributed by atoms with Crippen LogP contribution in [0.1, 0.15) is 17.1 Å². The molecule has 0 saturated heterocycles. The van der Waals surface area contributed by atoms with Crippen LogP contribution in [0, 0.1) is 0 Å². The number of hydrogen-bond acceptors (Lipinski definition) is 2. The summed E-state index contributed by atoms with van der Waals surface area (Å²) in [5.74, 6) is 0.909. The van der Waals surface area contributed by atoms with Gasteiger partial charge in [0, 0.05) is 6.42 Å². The van der Waals surface area contributed by atoms with Crippen LogP contribution in [0.4, 0.5) is 0 Å². The zero-order valence-electron chi connectivity index (χ0n) is 7.61. The summed E-state index contributed by atoms with van der Waals surface area (Å²) in [4.78, 5) is 4.23. The average Bonchev–Trinajstić information content (AvgIpc) is 2.67. The minimum Gasteiger partial charge on any atom is -0.447 e. The van der Waals surface area contributed by atoms with Gasteiger partial charge in [-0.2, -0.15) is 0 Å². The van der Waals surface area contributed by atoms with Crippen molar-refractivity contribution in [1.82, 2.24) is 4.98 Å². The van der Waals surface area contributed by atoms with Crippen LogP contribution in [0.3, 0.4) is 0 Å². The largest absolute Gasteiger partial charge is 0.447 e. The fourth-order valence-corrected chi connectivity index (χ4v) is 1.42. The molecule has 1 aromatic carbocycles. The molecule has 1 heterocycles. The molecule has 3 heteroatoms. The van der Waals surface area contributed by atoms with Crippen LogP contribution in [0.25, 0.3) is 0 Å². The smallest absolute Gasteiger partial charge is 0.209 e. The number of hydrogen-bond donors (Lipinski definition) is 0. The molecule has 72 valence electrons. The van der Waals surface area contributed by atoms with Crippen molar-refractivity contribution < 1.29 is 4.42 Å². The highest BCUT2D eigenvalue weighted by Gasteiger charge is 2.02. The highest BCUT2D eigenvalue weighted by molar-refractivity contribution is 6.16. The number of nitrogens with zero attached hydrogens (tertiary/aromatic N) is 1. The molecular formula is C11H10ClNO. The topological polar surface area (TPSA) is 26.0 Å². The van der Waals surface area contributed by atoms with E-state index < -0.39 is 0 Å². The first-order valence-corrected chi connectivity index (χ1v) is 4.95. The molecule has 0 atom stereocenters. The summed E-state index contributed by atoms with van der Waals surface area (Å²) >= 11 is 5.59. The Kier molecular flexibility index (Phi) is 2.84. The standard InChI is InChI=1S/C11H10ClNO/c12-7-11-13-10(8-14-11)6-9-4-2-1-3-5-9/h1-5,8H,6-7H2. The third-order valence-corrected chi connectivity index (χ3v) is 2.17. The molecule has 0 N–H and O–H groups in total. The fraction of sp³-hybridized carbons (Fsp3) is 0.182. The maximum Gasteiger partial charge on any atom is 0.209 e. The Morgan fingerprint density at radius 1 is 1.21 bits per heavy atom. The second kappa shape index (κ2) is 4.29. The van der Waals surface area contributed by atoms with Gasteiger partial charge in [0.15, 0.2) is 0 Å². The highest BCUT2D eigenvalue weighted by atomic mass is 35.5. The third-order valence-electron chi connectivity index (χ3n) is 1.94. The molecule has 0 bridgehead atoms. The first-order valence-electron chi connectivity index (χ1n) is 4.41. The molecule has 14 heavy (non-hydrogen) atoms. The average molecular weight is 208 g/mol. The number of rotatable bonds is 3. The number of halogens is 1. The number of alkyl halides is 1. The van der Waals surface area contributed by atoms with E-state index in [1.165, 1.54) is 5.56 Å². The van der Waals surface area contributed by atoms with Gasteiger partial charge in [-0.15, -0.1) is 11.6 Å². The number of aromatic nitrogens is 1. The van der Waals surface area contributed by atoms with Gasteiger partial charge in [-0.3, -0.25) is 0 Å². The number of benzene rings is 1. The van der Waals surface area contributed by atoms with E-state index in [1.807, 2.05) is 18.2 Å². The molecule has 2 aromatic rings. The maximum absolute atomic E-state index is 5.59. The Morgan fingerprint density at radius 3 is 2.64 bits per heavy atom. The van der Waals surface area contributed by atoms with Crippen LogP contribution < -0.4 is 0 Å². The molecule has 0 fully saturated rings. The second-order valence-electron chi connectivity index (χ2n) is 3.03. The molecule has 0 amide bonds. The van der Waals surface area contributed by atoms with E-state index in [0.29, 0.717) is 11.8 Å². The lowest BCUT2D eigenvalue weighted by atomic mass is 10.1. The summed E-state index contributed by atoms with van der Waals surface area (Å²) in [6.07, 6.45) is 2.45. The van der Waals surface area contributed by atoms with Crippen molar-refractivity contribution in [2.24, 2.45) is 0 Å². The first kappa shape index (κ1) is 9.28. The van der Waals surface area contributed by atoms with E-state index in [9.17, 15) is 0 Å². The molecule has 0 unspecified atom stereocenters. The lowest BCUT2D eigenvalue weighted by Gasteiger charge is -1.94. The van der Waals surface area contributed by atoms with Gasteiger partial charge in [-0.25, -0.2) is 4.98 Å². The van der Waals surface area contributed by atoms with Crippen LogP contribution in [0.5, 0.6) is 0 Å². The summed E-state index contributed by atoms with van der Waals surface area (Å²) in [5, 5.41) is 0. The van der Waals surface area contributed by atoms with E-state index >= 15 is 0 Å². The highest BCUT2D eigenvalue weighted by Crippen LogP contribution is 2.10. The van der Waals surface area contributed by atoms with Gasteiger partial charge in [-0.05, 0) is 5.56 Å². The van der Waals surface area contributed by atoms with Crippen molar-refractivity contribution in [2.45, 2.75) is 12.3 Å². The third kappa shape index (κ3) is 2.15. The molecule has 0 aliphatic rings. The molecule has 2 rings (SSSR count). The Labute approximate surface area is 87.5 Å². The monoisotopic (exact) mass is 207 g/mol. The van der Waals surface area contributed by atoms with Crippen molar-refractivity contribution in [3.05, 3.63) is 53.7 Å². The fourth-order valence-electron chi connectivity index (χ4n) is 1.30. The minimum atomic E-state index is 0.328. The summed E-state index contributed by atoms with van der Waals surface area (Å²) in [7, 11) is 0. The van der Waals surface area contributed by atoms with Gasteiger partial charge in [0.25, 0.3) is 0 Å². The van der Waals surface area contributed by atoms with E-state index in [0.717, 1.165) is 12.1 Å². The number of oxazole rings is 1. The van der Waals surface area contributed by atoms with Gasteiger partial charge in [0.1, 0.15) is 6.26 Å². The normalized spacial score (nSPS) is 10.4. The summed E-state index contributed by atoms with van der Waals surface area (Å²) in [6, 6.07) is 10.1. The zero-order valence-corrected chi connectivity index (χ0v) is 8.37. The van der Waals surface area contributed by atoms with Gasteiger partial charge >= 0.3 is 0 Å². The van der Waals surface area contributed by atoms with Crippen LogP contribution in [0.15, 0.2) is 41.0 Å². The summed E-state index contributed by atoms with van der Waals surface area (Å²) in [5.41, 5.74) is 2.15. The summed E-state index contributed by atoms with van der Waals surface area (Å²) < 4.78 is 5.14. The summed E-state index contributed by atoms with van der Waals surface area (Å²) in [6.45, 7) is 0. The SMILES string of the molecule is ClCc1nc(Cc2ccccc2)co1. The minimum absolute atomic E-state index is 0.328. The Hall–Kier alpha value is -1.28. The molecule has 2 nitrogen and oxygen atoms in total. The van der Waals surface area contributed by atoms with Crippen molar-refractivity contribution >= 4 is 11.6 Å². The molecule has 0 spiro atoms. The lowest BCUT2D eigenvalue weighted by molar-refractivity contribution is 0.515. The van der Waals surface area contributed by atoms with Crippen LogP contribution in [0.2, 0.25) is 0 Å². The van der Waals surface area contributed by atoms with Gasteiger partial charge in [0.05, 0.1) is 11.6 Å². The molecule has 0 saturated carbocycles. The van der Waals surface area contributed by atoms with Crippen molar-refractivity contribution in [3.8, 4) is 0 Å². The van der Waals surface area contributed by atoms with Crippen molar-refractivity contribution in [3.63, 3.8) is 0 Å². The van der Waals surface area contributed by atoms with Gasteiger partial charge in [-0.1, -0.05) is 30.3 Å². The molecule has 0 radical (unpaired) electrons. The predicted octanol–water partition coefficient (Wildman–Crippen LogP) is 3.00. The van der Waals surface area contributed by atoms with E-state index in [4.69, 9.17) is 16.0 Å². The molecule has 1 aromatic heterocycles. The molecule has 0 aliphatic carbocycles. The first-order chi connectivity index (χ1) is 6.88. The van der Waals surface area contributed by atoms with Crippen molar-refractivity contribution in [2.75, 3.05) is 0 Å².